The van der Waals surface area contributed by atoms with E-state index in [0.717, 1.165) is 0 Å². The molecular formula is C20H15F3N6O2S. The second kappa shape index (κ2) is 9.52. The van der Waals surface area contributed by atoms with Gasteiger partial charge in [0.05, 0.1) is 36.3 Å². The predicted octanol–water partition coefficient (Wildman–Crippen LogP) is 4.21. The summed E-state index contributed by atoms with van der Waals surface area (Å²) in [5, 5.41) is 13.2. The highest BCUT2D eigenvalue weighted by Crippen LogP contribution is 2.35. The Kier molecular flexibility index (Phi) is 6.79. The number of rotatable bonds is 6. The molecule has 0 bridgehead atoms. The molecule has 0 radical (unpaired) electrons. The molecule has 2 amide bonds. The zero-order valence-electron chi connectivity index (χ0n) is 16.5. The van der Waals surface area contributed by atoms with Gasteiger partial charge in [-0.25, -0.2) is 9.97 Å². The van der Waals surface area contributed by atoms with Gasteiger partial charge in [-0.15, -0.1) is 0 Å². The number of aromatic nitrogens is 3. The Labute approximate surface area is 184 Å². The fourth-order valence-electron chi connectivity index (χ4n) is 2.60. The minimum atomic E-state index is -4.52. The molecule has 1 atom stereocenters. The number of nitrogens with one attached hydrogen (secondary N) is 2. The highest BCUT2D eigenvalue weighted by atomic mass is 32.1. The molecule has 3 aromatic rings. The number of alkyl halides is 3. The molecule has 0 aliphatic carbocycles. The Morgan fingerprint density at radius 2 is 1.94 bits per heavy atom. The van der Waals surface area contributed by atoms with Gasteiger partial charge < -0.3 is 10.6 Å². The number of amides is 2. The number of anilines is 2. The monoisotopic (exact) mass is 460 g/mol. The third kappa shape index (κ3) is 5.64. The minimum Gasteiger partial charge on any atom is -0.309 e. The van der Waals surface area contributed by atoms with Gasteiger partial charge in [-0.1, -0.05) is 29.5 Å². The number of nitrogens with zero attached hydrogens (tertiary/aromatic N) is 4. The van der Waals surface area contributed by atoms with Crippen LogP contribution in [0, 0.1) is 11.3 Å². The molecule has 0 fully saturated rings. The van der Waals surface area contributed by atoms with Gasteiger partial charge in [0.1, 0.15) is 11.3 Å². The third-order valence-corrected chi connectivity index (χ3v) is 5.21. The first-order chi connectivity index (χ1) is 15.2. The van der Waals surface area contributed by atoms with E-state index in [9.17, 15) is 22.8 Å². The minimum absolute atomic E-state index is 0.134. The zero-order valence-corrected chi connectivity index (χ0v) is 17.3. The highest BCUT2D eigenvalue weighted by Gasteiger charge is 2.33. The largest absolute Gasteiger partial charge is 0.427 e. The molecule has 164 valence electrons. The van der Waals surface area contributed by atoms with Gasteiger partial charge in [0, 0.05) is 5.56 Å². The van der Waals surface area contributed by atoms with Crippen molar-refractivity contribution in [1.29, 1.82) is 5.26 Å². The summed E-state index contributed by atoms with van der Waals surface area (Å²) in [6.45, 7) is 1.62. The summed E-state index contributed by atoms with van der Waals surface area (Å²) in [4.78, 5) is 35.0. The number of nitriles is 1. The highest BCUT2D eigenvalue weighted by molar-refractivity contribution is 7.15. The second-order valence-electron chi connectivity index (χ2n) is 6.53. The van der Waals surface area contributed by atoms with Crippen molar-refractivity contribution in [2.45, 2.75) is 25.4 Å². The van der Waals surface area contributed by atoms with Crippen LogP contribution in [0.5, 0.6) is 0 Å². The maximum absolute atomic E-state index is 12.7. The smallest absolute Gasteiger partial charge is 0.309 e. The van der Waals surface area contributed by atoms with Crippen LogP contribution >= 0.6 is 11.3 Å². The molecule has 1 aromatic carbocycles. The number of benzene rings is 1. The number of hydrogen-bond donors (Lipinski definition) is 2. The van der Waals surface area contributed by atoms with Crippen molar-refractivity contribution in [2.24, 2.45) is 0 Å². The molecule has 3 rings (SSSR count). The Bertz CT molecular complexity index is 1170. The van der Waals surface area contributed by atoms with Crippen molar-refractivity contribution in [3.8, 4) is 17.3 Å². The van der Waals surface area contributed by atoms with Gasteiger partial charge in [-0.2, -0.15) is 18.4 Å². The van der Waals surface area contributed by atoms with E-state index in [-0.39, 0.29) is 17.4 Å². The fraction of sp³-hybridized carbons (Fsp3) is 0.200. The lowest BCUT2D eigenvalue weighted by atomic mass is 9.97. The quantitative estimate of drug-likeness (QED) is 0.568. The van der Waals surface area contributed by atoms with Gasteiger partial charge in [0.2, 0.25) is 11.8 Å². The van der Waals surface area contributed by atoms with Gasteiger partial charge in [-0.05, 0) is 18.6 Å². The van der Waals surface area contributed by atoms with Crippen molar-refractivity contribution in [2.75, 3.05) is 10.6 Å². The molecule has 12 heteroatoms. The summed E-state index contributed by atoms with van der Waals surface area (Å²) in [5.74, 6) is -1.49. The van der Waals surface area contributed by atoms with Crippen LogP contribution in [0.2, 0.25) is 0 Å². The number of carbonyl (C=O) groups excluding carboxylic acids is 2. The molecule has 32 heavy (non-hydrogen) atoms. The summed E-state index contributed by atoms with van der Waals surface area (Å²) >= 11 is 0.355. The summed E-state index contributed by atoms with van der Waals surface area (Å²) in [6, 6.07) is 8.61. The molecule has 8 nitrogen and oxygen atoms in total. The Morgan fingerprint density at radius 1 is 1.16 bits per heavy atom. The van der Waals surface area contributed by atoms with Gasteiger partial charge in [-0.3, -0.25) is 14.6 Å². The first kappa shape index (κ1) is 22.8. The number of carbonyl (C=O) groups is 2. The lowest BCUT2D eigenvalue weighted by Crippen LogP contribution is -2.18. The molecule has 0 aliphatic rings. The Balaban J connectivity index is 1.71. The number of halogens is 3. The summed E-state index contributed by atoms with van der Waals surface area (Å²) in [5.41, 5.74) is 1.74. The van der Waals surface area contributed by atoms with E-state index in [1.807, 2.05) is 0 Å². The molecule has 2 N–H and O–H groups in total. The summed E-state index contributed by atoms with van der Waals surface area (Å²) < 4.78 is 38.1. The maximum Gasteiger partial charge on any atom is 0.427 e. The van der Waals surface area contributed by atoms with Crippen LogP contribution in [0.1, 0.15) is 29.7 Å². The average Bonchev–Trinajstić information content (AvgIpc) is 3.23. The van der Waals surface area contributed by atoms with Gasteiger partial charge in [0.25, 0.3) is 0 Å². The Morgan fingerprint density at radius 3 is 2.56 bits per heavy atom. The van der Waals surface area contributed by atoms with Crippen molar-refractivity contribution < 1.29 is 22.8 Å². The first-order valence-corrected chi connectivity index (χ1v) is 9.92. The molecular weight excluding hydrogens is 445 g/mol. The van der Waals surface area contributed by atoms with Crippen molar-refractivity contribution >= 4 is 34.1 Å². The van der Waals surface area contributed by atoms with E-state index in [2.05, 4.69) is 25.6 Å². The van der Waals surface area contributed by atoms with Crippen LogP contribution in [0.15, 0.2) is 42.9 Å². The van der Waals surface area contributed by atoms with Crippen LogP contribution in [0.3, 0.4) is 0 Å². The number of hydrogen-bond acceptors (Lipinski definition) is 7. The van der Waals surface area contributed by atoms with Gasteiger partial charge >= 0.3 is 6.18 Å². The molecule has 2 heterocycles. The van der Waals surface area contributed by atoms with Crippen molar-refractivity contribution in [1.82, 2.24) is 15.0 Å². The van der Waals surface area contributed by atoms with Crippen molar-refractivity contribution in [3.63, 3.8) is 0 Å². The maximum atomic E-state index is 12.7. The molecule has 0 aliphatic heterocycles. The second-order valence-corrected chi connectivity index (χ2v) is 7.56. The molecule has 0 spiro atoms. The van der Waals surface area contributed by atoms with Crippen molar-refractivity contribution in [3.05, 3.63) is 53.3 Å². The van der Waals surface area contributed by atoms with E-state index in [1.54, 1.807) is 37.3 Å². The van der Waals surface area contributed by atoms with Crippen LogP contribution in [0.25, 0.3) is 11.3 Å². The molecule has 0 saturated heterocycles. The van der Waals surface area contributed by atoms with Gasteiger partial charge in [0.15, 0.2) is 10.9 Å². The first-order valence-electron chi connectivity index (χ1n) is 9.10. The third-order valence-electron chi connectivity index (χ3n) is 4.25. The summed E-state index contributed by atoms with van der Waals surface area (Å²) in [6.07, 6.45) is -1.37. The Hall–Kier alpha value is -3.85. The standard InChI is InChI=1S/C20H15F3N6O2S/c1-11(18(31)29-19-27-9-15(32-19)20(21,22)23)12-3-2-4-13(7-12)14-8-26-16(10-25-14)28-17(30)5-6-24/h2-4,7-11H,5H2,1H3,(H,26,28,30)(H,27,29,31). The number of thiazole rings is 1. The molecule has 0 saturated carbocycles. The van der Waals surface area contributed by atoms with E-state index in [0.29, 0.717) is 34.4 Å². The topological polar surface area (TPSA) is 121 Å². The van der Waals surface area contributed by atoms with Crippen LogP contribution < -0.4 is 10.6 Å². The molecule has 2 aromatic heterocycles. The van der Waals surface area contributed by atoms with E-state index in [1.165, 1.54) is 12.4 Å². The van der Waals surface area contributed by atoms with E-state index < -0.39 is 28.8 Å². The van der Waals surface area contributed by atoms with E-state index in [4.69, 9.17) is 5.26 Å². The fourth-order valence-corrected chi connectivity index (χ4v) is 3.28. The molecule has 1 unspecified atom stereocenters. The van der Waals surface area contributed by atoms with E-state index >= 15 is 0 Å². The summed E-state index contributed by atoms with van der Waals surface area (Å²) in [7, 11) is 0. The lowest BCUT2D eigenvalue weighted by Gasteiger charge is -2.12. The lowest BCUT2D eigenvalue weighted by molar-refractivity contribution is -0.134. The van der Waals surface area contributed by atoms with Crippen LogP contribution in [-0.2, 0) is 15.8 Å². The normalized spacial score (nSPS) is 12.0. The predicted molar refractivity (Wildman–Crippen MR) is 110 cm³/mol. The SMILES string of the molecule is CC(C(=O)Nc1ncc(C(F)(F)F)s1)c1cccc(-c2cnc(NC(=O)CC#N)cn2)c1. The van der Waals surface area contributed by atoms with Crippen LogP contribution in [-0.4, -0.2) is 26.8 Å². The van der Waals surface area contributed by atoms with Crippen LogP contribution in [0.4, 0.5) is 24.1 Å². The average molecular weight is 460 g/mol. The zero-order chi connectivity index (χ0) is 23.3.